The summed E-state index contributed by atoms with van der Waals surface area (Å²) in [4.78, 5) is 48.1. The van der Waals surface area contributed by atoms with Crippen LogP contribution in [0.4, 0.5) is 0 Å². The Morgan fingerprint density at radius 2 is 1.09 bits per heavy atom. The van der Waals surface area contributed by atoms with Crippen LogP contribution in [0.2, 0.25) is 0 Å². The standard InChI is InChI=1S/C21H25NO4.C16H17NO4/c1-14-10-17(23)11-15(2)22(14)13-19(24)16-8-9-20(25-3)21(12-16)26-18-6-4-5-7-18;1-10-6-13(18)7-11(2)17(10)9-15(20)12-4-5-16(21-3)14(19)8-12/h8-12,18H,4-7,13H2,1-3H3;4-8,19H,9H2,1-3H3. The van der Waals surface area contributed by atoms with Gasteiger partial charge in [0.15, 0.2) is 45.4 Å². The number of carbonyl (C=O) groups excluding carboxylic acids is 2. The second-order valence-electron chi connectivity index (χ2n) is 11.7. The number of hydrogen-bond donors (Lipinski definition) is 1. The summed E-state index contributed by atoms with van der Waals surface area (Å²) in [5, 5.41) is 9.73. The summed E-state index contributed by atoms with van der Waals surface area (Å²) in [7, 11) is 3.05. The molecule has 0 atom stereocenters. The molecule has 0 spiro atoms. The highest BCUT2D eigenvalue weighted by Crippen LogP contribution is 2.33. The van der Waals surface area contributed by atoms with Crippen LogP contribution in [0.5, 0.6) is 23.0 Å². The van der Waals surface area contributed by atoms with E-state index in [4.69, 9.17) is 14.2 Å². The minimum atomic E-state index is -0.150. The normalized spacial score (nSPS) is 12.6. The number of phenols is 1. The summed E-state index contributed by atoms with van der Waals surface area (Å²) in [6.45, 7) is 7.55. The van der Waals surface area contributed by atoms with E-state index in [2.05, 4.69) is 0 Å². The number of carbonyl (C=O) groups is 2. The molecule has 2 aromatic carbocycles. The molecule has 47 heavy (non-hydrogen) atoms. The van der Waals surface area contributed by atoms with Crippen LogP contribution in [0.3, 0.4) is 0 Å². The number of Topliss-reactive ketones (excluding diaryl/α,β-unsaturated/α-hetero) is 2. The Balaban J connectivity index is 0.000000218. The SMILES string of the molecule is COc1ccc(C(=O)Cn2c(C)cc(=O)cc2C)cc1O.COc1ccc(C(=O)Cn2c(C)cc(=O)cc2C)cc1OC1CCCC1. The van der Waals surface area contributed by atoms with Gasteiger partial charge < -0.3 is 28.5 Å². The van der Waals surface area contributed by atoms with Crippen molar-refractivity contribution in [1.82, 2.24) is 9.13 Å². The number of rotatable bonds is 10. The van der Waals surface area contributed by atoms with E-state index in [9.17, 15) is 24.3 Å². The molecule has 2 heterocycles. The smallest absolute Gasteiger partial charge is 0.182 e. The Bertz CT molecular complexity index is 1830. The number of aromatic nitrogens is 2. The van der Waals surface area contributed by atoms with Gasteiger partial charge in [-0.15, -0.1) is 0 Å². The molecule has 248 valence electrons. The second-order valence-corrected chi connectivity index (χ2v) is 11.7. The molecule has 1 fully saturated rings. The van der Waals surface area contributed by atoms with Crippen LogP contribution < -0.4 is 25.1 Å². The van der Waals surface area contributed by atoms with E-state index in [-0.39, 0.29) is 47.4 Å². The first-order valence-corrected chi connectivity index (χ1v) is 15.5. The average molecular weight is 643 g/mol. The Hall–Kier alpha value is -5.12. The summed E-state index contributed by atoms with van der Waals surface area (Å²) in [5.41, 5.74) is 3.87. The van der Waals surface area contributed by atoms with Crippen LogP contribution in [0, 0.1) is 27.7 Å². The maximum Gasteiger partial charge on any atom is 0.182 e. The van der Waals surface area contributed by atoms with Gasteiger partial charge in [-0.05, 0) is 89.8 Å². The molecule has 4 aromatic rings. The second kappa shape index (κ2) is 15.4. The molecular weight excluding hydrogens is 600 g/mol. The average Bonchev–Trinajstić information content (AvgIpc) is 3.54. The molecule has 1 N–H and O–H groups in total. The van der Waals surface area contributed by atoms with Gasteiger partial charge >= 0.3 is 0 Å². The van der Waals surface area contributed by atoms with E-state index in [0.717, 1.165) is 35.6 Å². The monoisotopic (exact) mass is 642 g/mol. The lowest BCUT2D eigenvalue weighted by Gasteiger charge is -2.17. The van der Waals surface area contributed by atoms with Crippen molar-refractivity contribution < 1.29 is 28.9 Å². The molecule has 0 radical (unpaired) electrons. The Morgan fingerprint density at radius 1 is 0.660 bits per heavy atom. The minimum absolute atomic E-state index is 0.0289. The van der Waals surface area contributed by atoms with Crippen molar-refractivity contribution in [3.05, 3.63) is 115 Å². The lowest BCUT2D eigenvalue weighted by molar-refractivity contribution is 0.0962. The summed E-state index contributed by atoms with van der Waals surface area (Å²) in [5.74, 6) is 1.34. The number of ether oxygens (including phenoxy) is 3. The van der Waals surface area contributed by atoms with Crippen LogP contribution in [-0.4, -0.2) is 46.1 Å². The van der Waals surface area contributed by atoms with Gasteiger partial charge in [0.05, 0.1) is 33.4 Å². The molecule has 5 rings (SSSR count). The third-order valence-corrected chi connectivity index (χ3v) is 8.29. The first kappa shape index (κ1) is 34.7. The zero-order chi connectivity index (χ0) is 34.2. The van der Waals surface area contributed by atoms with Crippen LogP contribution in [-0.2, 0) is 13.1 Å². The predicted molar refractivity (Wildman–Crippen MR) is 180 cm³/mol. The largest absolute Gasteiger partial charge is 0.504 e. The van der Waals surface area contributed by atoms with Gasteiger partial charge in [0.25, 0.3) is 0 Å². The van der Waals surface area contributed by atoms with E-state index in [0.29, 0.717) is 28.4 Å². The van der Waals surface area contributed by atoms with Crippen molar-refractivity contribution in [1.29, 1.82) is 0 Å². The van der Waals surface area contributed by atoms with Crippen LogP contribution in [0.15, 0.2) is 70.3 Å². The number of nitrogens with zero attached hydrogens (tertiary/aromatic N) is 2. The molecule has 1 aliphatic carbocycles. The molecule has 1 saturated carbocycles. The van der Waals surface area contributed by atoms with E-state index < -0.39 is 0 Å². The first-order valence-electron chi connectivity index (χ1n) is 15.5. The highest BCUT2D eigenvalue weighted by Gasteiger charge is 2.20. The maximum atomic E-state index is 12.8. The fraction of sp³-hybridized carbons (Fsp3) is 0.351. The third-order valence-electron chi connectivity index (χ3n) is 8.29. The van der Waals surface area contributed by atoms with E-state index >= 15 is 0 Å². The van der Waals surface area contributed by atoms with Crippen LogP contribution in [0.25, 0.3) is 0 Å². The molecular formula is C37H42N2O8. The van der Waals surface area contributed by atoms with Gasteiger partial charge in [-0.2, -0.15) is 0 Å². The van der Waals surface area contributed by atoms with Gasteiger partial charge in [-0.3, -0.25) is 19.2 Å². The number of methoxy groups -OCH3 is 2. The molecule has 0 aliphatic heterocycles. The fourth-order valence-electron chi connectivity index (χ4n) is 5.73. The Morgan fingerprint density at radius 3 is 1.51 bits per heavy atom. The van der Waals surface area contributed by atoms with E-state index in [1.807, 2.05) is 18.4 Å². The first-order chi connectivity index (χ1) is 22.4. The maximum absolute atomic E-state index is 12.8. The minimum Gasteiger partial charge on any atom is -0.504 e. The van der Waals surface area contributed by atoms with Gasteiger partial charge in [-0.1, -0.05) is 0 Å². The van der Waals surface area contributed by atoms with Crippen molar-refractivity contribution in [2.24, 2.45) is 0 Å². The molecule has 10 heteroatoms. The van der Waals surface area contributed by atoms with Crippen molar-refractivity contribution in [3.63, 3.8) is 0 Å². The molecule has 0 saturated heterocycles. The summed E-state index contributed by atoms with van der Waals surface area (Å²) < 4.78 is 20.0. The summed E-state index contributed by atoms with van der Waals surface area (Å²) in [6, 6.07) is 15.9. The zero-order valence-corrected chi connectivity index (χ0v) is 27.8. The van der Waals surface area contributed by atoms with Crippen LogP contribution >= 0.6 is 0 Å². The molecule has 0 bridgehead atoms. The zero-order valence-electron chi connectivity index (χ0n) is 27.8. The van der Waals surface area contributed by atoms with Gasteiger partial charge in [0.2, 0.25) is 0 Å². The lowest BCUT2D eigenvalue weighted by Crippen LogP contribution is -2.18. The number of benzene rings is 2. The highest BCUT2D eigenvalue weighted by atomic mass is 16.5. The number of aryl methyl sites for hydroxylation is 4. The van der Waals surface area contributed by atoms with Crippen LogP contribution in [0.1, 0.15) is 69.2 Å². The predicted octanol–water partition coefficient (Wildman–Crippen LogP) is 5.74. The summed E-state index contributed by atoms with van der Waals surface area (Å²) >= 11 is 0. The fourth-order valence-corrected chi connectivity index (χ4v) is 5.73. The molecule has 0 unspecified atom stereocenters. The lowest BCUT2D eigenvalue weighted by atomic mass is 10.1. The molecule has 0 amide bonds. The Kier molecular flexibility index (Phi) is 11.4. The number of phenolic OH excluding ortho intramolecular Hbond substituents is 1. The van der Waals surface area contributed by atoms with E-state index in [1.54, 1.807) is 68.0 Å². The number of aromatic hydroxyl groups is 1. The van der Waals surface area contributed by atoms with Gasteiger partial charge in [0, 0.05) is 58.2 Å². The summed E-state index contributed by atoms with van der Waals surface area (Å²) in [6.07, 6.45) is 4.62. The number of ketones is 2. The van der Waals surface area contributed by atoms with Crippen molar-refractivity contribution >= 4 is 11.6 Å². The van der Waals surface area contributed by atoms with Gasteiger partial charge in [0.1, 0.15) is 0 Å². The topological polar surface area (TPSA) is 126 Å². The molecule has 10 nitrogen and oxygen atoms in total. The van der Waals surface area contributed by atoms with Crippen molar-refractivity contribution in [2.45, 2.75) is 72.6 Å². The van der Waals surface area contributed by atoms with Gasteiger partial charge in [-0.25, -0.2) is 0 Å². The number of hydrogen-bond acceptors (Lipinski definition) is 8. The molecule has 2 aromatic heterocycles. The highest BCUT2D eigenvalue weighted by molar-refractivity contribution is 5.97. The van der Waals surface area contributed by atoms with Crippen molar-refractivity contribution in [2.75, 3.05) is 14.2 Å². The Labute approximate surface area is 274 Å². The molecule has 1 aliphatic rings. The van der Waals surface area contributed by atoms with E-state index in [1.165, 1.54) is 38.2 Å². The van der Waals surface area contributed by atoms with Crippen molar-refractivity contribution in [3.8, 4) is 23.0 Å². The number of pyridine rings is 2. The quantitative estimate of drug-likeness (QED) is 0.217. The third kappa shape index (κ3) is 8.78.